The third-order valence-corrected chi connectivity index (χ3v) is 1.29. The molecule has 4 heteroatoms. The number of carbonyl (C=O) groups excluding carboxylic acids is 1. The Labute approximate surface area is 70.4 Å². The monoisotopic (exact) mass is 177 g/mol. The van der Waals surface area contributed by atoms with Crippen LogP contribution in [0.2, 0.25) is 0 Å². The number of halogens is 2. The van der Waals surface area contributed by atoms with Crippen molar-refractivity contribution in [3.8, 4) is 0 Å². The maximum absolute atomic E-state index is 11.8. The van der Waals surface area contributed by atoms with Gasteiger partial charge in [0.15, 0.2) is 5.78 Å². The minimum Gasteiger partial charge on any atom is -0.397 e. The summed E-state index contributed by atoms with van der Waals surface area (Å²) in [6.07, 6.45) is -1.96. The fourth-order valence-corrected chi connectivity index (χ4v) is 0.431. The third-order valence-electron chi connectivity index (χ3n) is 1.29. The van der Waals surface area contributed by atoms with Crippen LogP contribution < -0.4 is 5.73 Å². The Morgan fingerprint density at radius 1 is 1.42 bits per heavy atom. The summed E-state index contributed by atoms with van der Waals surface area (Å²) in [4.78, 5) is 11.1. The van der Waals surface area contributed by atoms with Gasteiger partial charge in [-0.25, -0.2) is 8.78 Å². The van der Waals surface area contributed by atoms with E-state index in [0.717, 1.165) is 6.08 Å². The van der Waals surface area contributed by atoms with Crippen LogP contribution in [0.5, 0.6) is 0 Å². The van der Waals surface area contributed by atoms with Gasteiger partial charge in [0.1, 0.15) is 0 Å². The molecule has 0 aromatic carbocycles. The van der Waals surface area contributed by atoms with Crippen LogP contribution in [0, 0.1) is 5.41 Å². The van der Waals surface area contributed by atoms with Crippen molar-refractivity contribution in [1.82, 2.24) is 0 Å². The van der Waals surface area contributed by atoms with Crippen molar-refractivity contribution in [3.63, 3.8) is 0 Å². The summed E-state index contributed by atoms with van der Waals surface area (Å²) in [6.45, 7) is 4.93. The molecule has 0 heterocycles. The summed E-state index contributed by atoms with van der Waals surface area (Å²) in [6, 6.07) is 0. The van der Waals surface area contributed by atoms with E-state index < -0.39 is 17.5 Å². The molecule has 0 aliphatic rings. The van der Waals surface area contributed by atoms with Crippen molar-refractivity contribution >= 4 is 5.78 Å². The molecule has 0 spiro atoms. The molecule has 12 heavy (non-hydrogen) atoms. The Bertz CT molecular complexity index is 204. The van der Waals surface area contributed by atoms with Crippen LogP contribution in [0.25, 0.3) is 0 Å². The number of rotatable bonds is 2. The van der Waals surface area contributed by atoms with Gasteiger partial charge in [-0.2, -0.15) is 0 Å². The van der Waals surface area contributed by atoms with Crippen LogP contribution in [0.3, 0.4) is 0 Å². The summed E-state index contributed by atoms with van der Waals surface area (Å²) in [5.41, 5.74) is 3.58. The van der Waals surface area contributed by atoms with Crippen molar-refractivity contribution in [2.24, 2.45) is 11.1 Å². The Morgan fingerprint density at radius 2 is 1.83 bits per heavy atom. The number of ketones is 1. The summed E-state index contributed by atoms with van der Waals surface area (Å²) in [5.74, 6) is -0.389. The maximum atomic E-state index is 11.8. The predicted octanol–water partition coefficient (Wildman–Crippen LogP) is 1.71. The highest BCUT2D eigenvalue weighted by atomic mass is 19.3. The summed E-state index contributed by atoms with van der Waals surface area (Å²) >= 11 is 0. The molecular weight excluding hydrogens is 164 g/mol. The summed E-state index contributed by atoms with van der Waals surface area (Å²) < 4.78 is 23.7. The van der Waals surface area contributed by atoms with E-state index in [9.17, 15) is 13.6 Å². The van der Waals surface area contributed by atoms with Gasteiger partial charge in [-0.15, -0.1) is 0 Å². The number of allylic oxidation sites excluding steroid dienone is 2. The molecule has 0 atom stereocenters. The second-order valence-corrected chi connectivity index (χ2v) is 3.56. The number of alkyl halides is 2. The van der Waals surface area contributed by atoms with Crippen molar-refractivity contribution in [1.29, 1.82) is 0 Å². The first-order valence-electron chi connectivity index (χ1n) is 3.55. The molecule has 0 saturated carbocycles. The summed E-state index contributed by atoms with van der Waals surface area (Å²) in [7, 11) is 0. The molecule has 70 valence electrons. The SMILES string of the molecule is CC(C)(C)C(=O)/C=C(\N)C(F)F. The molecule has 0 amide bonds. The Morgan fingerprint density at radius 3 is 2.08 bits per heavy atom. The lowest BCUT2D eigenvalue weighted by Crippen LogP contribution is -2.20. The van der Waals surface area contributed by atoms with Crippen LogP contribution in [0.15, 0.2) is 11.8 Å². The molecule has 0 aromatic heterocycles. The van der Waals surface area contributed by atoms with Crippen LogP contribution in [0.1, 0.15) is 20.8 Å². The van der Waals surface area contributed by atoms with Crippen molar-refractivity contribution in [3.05, 3.63) is 11.8 Å². The quantitative estimate of drug-likeness (QED) is 0.652. The topological polar surface area (TPSA) is 43.1 Å². The van der Waals surface area contributed by atoms with E-state index in [1.807, 2.05) is 0 Å². The second kappa shape index (κ2) is 3.65. The normalized spacial score (nSPS) is 13.7. The molecule has 2 N–H and O–H groups in total. The highest BCUT2D eigenvalue weighted by Crippen LogP contribution is 2.16. The Hall–Kier alpha value is -0.930. The zero-order valence-electron chi connectivity index (χ0n) is 7.40. The first-order valence-corrected chi connectivity index (χ1v) is 3.55. The first kappa shape index (κ1) is 11.1. The van der Waals surface area contributed by atoms with E-state index in [-0.39, 0.29) is 5.78 Å². The molecule has 0 rings (SSSR count). The average Bonchev–Trinajstić information content (AvgIpc) is 1.85. The minimum atomic E-state index is -2.75. The van der Waals surface area contributed by atoms with Crippen LogP contribution in [0.4, 0.5) is 8.78 Å². The van der Waals surface area contributed by atoms with E-state index in [0.29, 0.717) is 0 Å². The standard InChI is InChI=1S/C8H13F2NO/c1-8(2,3)6(12)4-5(11)7(9)10/h4,7H,11H2,1-3H3/b5-4-. The molecular formula is C8H13F2NO. The van der Waals surface area contributed by atoms with E-state index in [2.05, 4.69) is 0 Å². The number of nitrogens with two attached hydrogens (primary N) is 1. The average molecular weight is 177 g/mol. The van der Waals surface area contributed by atoms with Gasteiger partial charge in [-0.3, -0.25) is 4.79 Å². The van der Waals surface area contributed by atoms with E-state index in [1.54, 1.807) is 20.8 Å². The maximum Gasteiger partial charge on any atom is 0.277 e. The zero-order valence-corrected chi connectivity index (χ0v) is 7.40. The van der Waals surface area contributed by atoms with Crippen molar-refractivity contribution < 1.29 is 13.6 Å². The molecule has 0 fully saturated rings. The van der Waals surface area contributed by atoms with E-state index in [1.165, 1.54) is 0 Å². The fraction of sp³-hybridized carbons (Fsp3) is 0.625. The largest absolute Gasteiger partial charge is 0.397 e. The number of hydrogen-bond donors (Lipinski definition) is 1. The summed E-state index contributed by atoms with van der Waals surface area (Å²) in [5, 5.41) is 0. The second-order valence-electron chi connectivity index (χ2n) is 3.56. The van der Waals surface area contributed by atoms with Gasteiger partial charge < -0.3 is 5.73 Å². The van der Waals surface area contributed by atoms with Crippen molar-refractivity contribution in [2.45, 2.75) is 27.2 Å². The van der Waals surface area contributed by atoms with E-state index >= 15 is 0 Å². The van der Waals surface area contributed by atoms with Crippen LogP contribution in [-0.2, 0) is 4.79 Å². The van der Waals surface area contributed by atoms with Crippen LogP contribution in [-0.4, -0.2) is 12.2 Å². The third kappa shape index (κ3) is 3.46. The number of hydrogen-bond acceptors (Lipinski definition) is 2. The Balaban J connectivity index is 4.46. The molecule has 2 nitrogen and oxygen atoms in total. The minimum absolute atomic E-state index is 0.389. The van der Waals surface area contributed by atoms with Gasteiger partial charge >= 0.3 is 0 Å². The van der Waals surface area contributed by atoms with Gasteiger partial charge in [0, 0.05) is 11.5 Å². The molecule has 0 bridgehead atoms. The van der Waals surface area contributed by atoms with Gasteiger partial charge in [-0.05, 0) is 0 Å². The molecule has 0 radical (unpaired) electrons. The van der Waals surface area contributed by atoms with Gasteiger partial charge in [0.05, 0.1) is 5.70 Å². The Kier molecular flexibility index (Phi) is 3.36. The zero-order chi connectivity index (χ0) is 9.94. The van der Waals surface area contributed by atoms with Gasteiger partial charge in [-0.1, -0.05) is 20.8 Å². The predicted molar refractivity (Wildman–Crippen MR) is 42.7 cm³/mol. The van der Waals surface area contributed by atoms with Crippen molar-refractivity contribution in [2.75, 3.05) is 0 Å². The highest BCUT2D eigenvalue weighted by molar-refractivity contribution is 5.94. The van der Waals surface area contributed by atoms with Gasteiger partial charge in [0.2, 0.25) is 0 Å². The van der Waals surface area contributed by atoms with Gasteiger partial charge in [0.25, 0.3) is 6.43 Å². The first-order chi connectivity index (χ1) is 5.25. The fourth-order valence-electron chi connectivity index (χ4n) is 0.431. The lowest BCUT2D eigenvalue weighted by Gasteiger charge is -2.13. The molecule has 0 unspecified atom stereocenters. The number of carbonyl (C=O) groups is 1. The lowest BCUT2D eigenvalue weighted by atomic mass is 9.90. The smallest absolute Gasteiger partial charge is 0.277 e. The van der Waals surface area contributed by atoms with E-state index in [4.69, 9.17) is 5.73 Å². The molecule has 0 aliphatic heterocycles. The van der Waals surface area contributed by atoms with Crippen LogP contribution >= 0.6 is 0 Å². The molecule has 0 aliphatic carbocycles. The lowest BCUT2D eigenvalue weighted by molar-refractivity contribution is -0.121. The molecule has 0 saturated heterocycles. The molecule has 0 aromatic rings. The highest BCUT2D eigenvalue weighted by Gasteiger charge is 2.20.